The molecule has 5 aliphatic rings. The summed E-state index contributed by atoms with van der Waals surface area (Å²) in [5, 5.41) is 9.64. The number of amides is 2. The monoisotopic (exact) mass is 524 g/mol. The first-order valence-corrected chi connectivity index (χ1v) is 14.1. The fraction of sp³-hybridized carbons (Fsp3) is 0.926. The lowest BCUT2D eigenvalue weighted by Crippen LogP contribution is -2.52. The molecule has 3 heterocycles. The Labute approximate surface area is 219 Å². The van der Waals surface area contributed by atoms with Gasteiger partial charge in [0.25, 0.3) is 0 Å². The molecule has 5 rings (SSSR count). The summed E-state index contributed by atoms with van der Waals surface area (Å²) in [5.41, 5.74) is 0. The molecule has 2 saturated carbocycles. The van der Waals surface area contributed by atoms with Crippen LogP contribution in [0.25, 0.3) is 0 Å². The van der Waals surface area contributed by atoms with Crippen LogP contribution in [-0.2, 0) is 33.3 Å². The Morgan fingerprint density at radius 3 is 1.86 bits per heavy atom. The van der Waals surface area contributed by atoms with Crippen molar-refractivity contribution in [1.29, 1.82) is 0 Å². The molecule has 10 nitrogen and oxygen atoms in total. The Kier molecular flexibility index (Phi) is 8.43. The molecule has 3 aliphatic heterocycles. The van der Waals surface area contributed by atoms with Gasteiger partial charge in [0.2, 0.25) is 11.8 Å². The first kappa shape index (κ1) is 27.3. The maximum absolute atomic E-state index is 12.9. The van der Waals surface area contributed by atoms with Crippen LogP contribution in [0.15, 0.2) is 0 Å². The van der Waals surface area contributed by atoms with E-state index in [4.69, 9.17) is 23.7 Å². The van der Waals surface area contributed by atoms with Crippen LogP contribution in [0.1, 0.15) is 71.6 Å². The van der Waals surface area contributed by atoms with Gasteiger partial charge in [-0.15, -0.1) is 0 Å². The fourth-order valence-electron chi connectivity index (χ4n) is 6.80. The number of carbonyl (C=O) groups excluding carboxylic acids is 2. The van der Waals surface area contributed by atoms with Crippen molar-refractivity contribution in [3.8, 4) is 0 Å². The lowest BCUT2D eigenvalue weighted by Gasteiger charge is -2.39. The molecule has 7 atom stereocenters. The molecule has 0 bridgehead atoms. The molecule has 210 valence electrons. The van der Waals surface area contributed by atoms with Crippen LogP contribution in [0.5, 0.6) is 0 Å². The van der Waals surface area contributed by atoms with Gasteiger partial charge in [-0.3, -0.25) is 9.59 Å². The molecule has 1 N–H and O–H groups in total. The molecular formula is C27H44N2O8. The summed E-state index contributed by atoms with van der Waals surface area (Å²) < 4.78 is 30.0. The van der Waals surface area contributed by atoms with E-state index in [1.807, 2.05) is 14.1 Å². The first-order chi connectivity index (χ1) is 17.7. The Morgan fingerprint density at radius 2 is 1.27 bits per heavy atom. The van der Waals surface area contributed by atoms with E-state index in [9.17, 15) is 14.7 Å². The van der Waals surface area contributed by atoms with Crippen molar-refractivity contribution in [3.63, 3.8) is 0 Å². The maximum Gasteiger partial charge on any atom is 0.232 e. The average Bonchev–Trinajstić information content (AvgIpc) is 3.46. The van der Waals surface area contributed by atoms with E-state index >= 15 is 0 Å². The summed E-state index contributed by atoms with van der Waals surface area (Å²) in [7, 11) is 3.67. The molecule has 0 radical (unpaired) electrons. The topological polar surface area (TPSA) is 107 Å². The van der Waals surface area contributed by atoms with Gasteiger partial charge < -0.3 is 38.6 Å². The Morgan fingerprint density at radius 1 is 0.703 bits per heavy atom. The van der Waals surface area contributed by atoms with Crippen LogP contribution >= 0.6 is 0 Å². The average molecular weight is 525 g/mol. The number of carbonyl (C=O) groups is 2. The number of hydrogen-bond donors (Lipinski definition) is 1. The van der Waals surface area contributed by atoms with Crippen molar-refractivity contribution in [2.45, 2.75) is 127 Å². The molecule has 3 saturated heterocycles. The van der Waals surface area contributed by atoms with Crippen molar-refractivity contribution < 1.29 is 38.4 Å². The van der Waals surface area contributed by atoms with Gasteiger partial charge in [0, 0.05) is 32.1 Å². The summed E-state index contributed by atoms with van der Waals surface area (Å²) in [6, 6.07) is 0.371. The van der Waals surface area contributed by atoms with E-state index in [2.05, 4.69) is 6.92 Å². The van der Waals surface area contributed by atoms with E-state index in [0.29, 0.717) is 0 Å². The maximum atomic E-state index is 12.9. The molecule has 37 heavy (non-hydrogen) atoms. The first-order valence-electron chi connectivity index (χ1n) is 14.1. The van der Waals surface area contributed by atoms with Crippen LogP contribution in [0.4, 0.5) is 0 Å². The highest BCUT2D eigenvalue weighted by Gasteiger charge is 2.58. The highest BCUT2D eigenvalue weighted by Crippen LogP contribution is 2.43. The van der Waals surface area contributed by atoms with Crippen molar-refractivity contribution in [2.75, 3.05) is 20.7 Å². The predicted octanol–water partition coefficient (Wildman–Crippen LogP) is 2.02. The second-order valence-corrected chi connectivity index (χ2v) is 11.8. The van der Waals surface area contributed by atoms with Gasteiger partial charge >= 0.3 is 0 Å². The number of fused-ring (bicyclic) bond motifs is 3. The zero-order chi connectivity index (χ0) is 26.3. The van der Waals surface area contributed by atoms with Crippen LogP contribution in [-0.4, -0.2) is 103 Å². The fourth-order valence-corrected chi connectivity index (χ4v) is 6.80. The van der Waals surface area contributed by atoms with Crippen LogP contribution < -0.4 is 0 Å². The van der Waals surface area contributed by atoms with Gasteiger partial charge in [-0.05, 0) is 64.2 Å². The Bertz CT molecular complexity index is 812. The molecular weight excluding hydrogens is 480 g/mol. The number of aliphatic hydroxyl groups is 1. The number of aliphatic hydroxyl groups excluding tert-OH is 1. The molecule has 0 aromatic rings. The van der Waals surface area contributed by atoms with E-state index in [1.54, 1.807) is 16.7 Å². The summed E-state index contributed by atoms with van der Waals surface area (Å²) in [6.45, 7) is 3.93. The largest absolute Gasteiger partial charge is 0.394 e. The van der Waals surface area contributed by atoms with E-state index in [0.717, 1.165) is 57.3 Å². The molecule has 2 amide bonds. The lowest BCUT2D eigenvalue weighted by molar-refractivity contribution is -0.298. The van der Waals surface area contributed by atoms with E-state index in [-0.39, 0.29) is 61.3 Å². The number of hydrogen-bond acceptors (Lipinski definition) is 8. The standard InChI is InChI=1S/C27H44N2O8/c1-15-5-9-18(10-6-15)28(3)21(31)13-22(32)29(4)19-11-7-17(8-12-19)26-36-25-24-23(35-27(25)37-26)20(14-30)33-16(2)34-24/h15-20,23-27,30H,5-14H2,1-4H3. The minimum absolute atomic E-state index is 0.0615. The zero-order valence-electron chi connectivity index (χ0n) is 22.6. The third kappa shape index (κ3) is 5.70. The van der Waals surface area contributed by atoms with Gasteiger partial charge in [-0.25, -0.2) is 0 Å². The number of ether oxygens (including phenoxy) is 5. The van der Waals surface area contributed by atoms with E-state index in [1.165, 1.54) is 0 Å². The van der Waals surface area contributed by atoms with Gasteiger partial charge in [0.15, 0.2) is 18.9 Å². The minimum Gasteiger partial charge on any atom is -0.394 e. The summed E-state index contributed by atoms with van der Waals surface area (Å²) in [4.78, 5) is 29.3. The highest BCUT2D eigenvalue weighted by atomic mass is 16.8. The molecule has 0 spiro atoms. The lowest BCUT2D eigenvalue weighted by atomic mass is 9.85. The zero-order valence-corrected chi connectivity index (χ0v) is 22.6. The smallest absolute Gasteiger partial charge is 0.232 e. The normalized spacial score (nSPS) is 43.6. The van der Waals surface area contributed by atoms with Gasteiger partial charge in [0.1, 0.15) is 30.8 Å². The SMILES string of the molecule is CC1CCC(N(C)C(=O)CC(=O)N(C)C2CCC(C3OC4OC5C(CO)OC(C)OC5C4O3)CC2)CC1. The van der Waals surface area contributed by atoms with E-state index < -0.39 is 24.8 Å². The van der Waals surface area contributed by atoms with Crippen LogP contribution in [0.3, 0.4) is 0 Å². The molecule has 2 aliphatic carbocycles. The number of nitrogens with zero attached hydrogens (tertiary/aromatic N) is 2. The van der Waals surface area contributed by atoms with Gasteiger partial charge in [-0.2, -0.15) is 0 Å². The molecule has 7 unspecified atom stereocenters. The molecule has 10 heteroatoms. The minimum atomic E-state index is -0.527. The second-order valence-electron chi connectivity index (χ2n) is 11.8. The van der Waals surface area contributed by atoms with Gasteiger partial charge in [0.05, 0.1) is 6.61 Å². The Hall–Kier alpha value is -1.30. The Balaban J connectivity index is 1.07. The second kappa shape index (κ2) is 11.4. The number of rotatable bonds is 6. The third-order valence-electron chi connectivity index (χ3n) is 9.32. The highest BCUT2D eigenvalue weighted by molar-refractivity contribution is 5.97. The summed E-state index contributed by atoms with van der Waals surface area (Å²) in [5.74, 6) is 0.760. The summed E-state index contributed by atoms with van der Waals surface area (Å²) >= 11 is 0. The molecule has 0 aromatic carbocycles. The van der Waals surface area contributed by atoms with Crippen molar-refractivity contribution in [2.24, 2.45) is 11.8 Å². The third-order valence-corrected chi connectivity index (χ3v) is 9.32. The van der Waals surface area contributed by atoms with Crippen LogP contribution in [0, 0.1) is 11.8 Å². The van der Waals surface area contributed by atoms with Gasteiger partial charge in [-0.1, -0.05) is 6.92 Å². The molecule has 0 aromatic heterocycles. The van der Waals surface area contributed by atoms with Crippen LogP contribution in [0.2, 0.25) is 0 Å². The van der Waals surface area contributed by atoms with Crippen molar-refractivity contribution >= 4 is 11.8 Å². The van der Waals surface area contributed by atoms with Crippen molar-refractivity contribution in [3.05, 3.63) is 0 Å². The van der Waals surface area contributed by atoms with Crippen molar-refractivity contribution in [1.82, 2.24) is 9.80 Å². The predicted molar refractivity (Wildman–Crippen MR) is 132 cm³/mol. The quantitative estimate of drug-likeness (QED) is 0.526. The molecule has 5 fully saturated rings. The summed E-state index contributed by atoms with van der Waals surface area (Å²) in [6.07, 6.45) is 4.84.